The van der Waals surface area contributed by atoms with E-state index in [4.69, 9.17) is 0 Å². The van der Waals surface area contributed by atoms with Gasteiger partial charge >= 0.3 is 0 Å². The minimum absolute atomic E-state index is 0.0108. The molecule has 2 aliphatic rings. The molecule has 0 heterocycles. The fraction of sp³-hybridized carbons (Fsp3) is 0.115. The van der Waals surface area contributed by atoms with Gasteiger partial charge in [0.15, 0.2) is 0 Å². The van der Waals surface area contributed by atoms with Gasteiger partial charge in [0.05, 0.1) is 12.0 Å². The van der Waals surface area contributed by atoms with Gasteiger partial charge in [0.1, 0.15) is 0 Å². The molecule has 1 spiro atoms. The van der Waals surface area contributed by atoms with Crippen molar-refractivity contribution >= 4 is 28.4 Å². The summed E-state index contributed by atoms with van der Waals surface area (Å²) in [4.78, 5) is 4.72. The summed E-state index contributed by atoms with van der Waals surface area (Å²) < 4.78 is 0. The standard InChI is InChI=1S/C52H44N2O/c1-5-11-38(6-2)53(39-22-16-35(3)17-23-39)42-28-30-46-47-31-29-43(54(40-24-18-36(4)19-25-40)41-26-20-37(34-55)21-27-41)33-51(47)52(50(46)32-42)48-14-9-7-12-44(48)45-13-8-10-15-49(45)52/h5-33,55H,34H2,1-4H3. The smallest absolute Gasteiger partial charge is 0.0727 e. The second-order valence-corrected chi connectivity index (χ2v) is 14.7. The summed E-state index contributed by atoms with van der Waals surface area (Å²) in [6.45, 7) is 8.47. The number of hydrogen-bond donors (Lipinski definition) is 1. The summed E-state index contributed by atoms with van der Waals surface area (Å²) in [7, 11) is 0. The first-order valence-electron chi connectivity index (χ1n) is 19.2. The van der Waals surface area contributed by atoms with E-state index in [0.717, 1.165) is 39.7 Å². The third-order valence-electron chi connectivity index (χ3n) is 11.4. The van der Waals surface area contributed by atoms with Crippen molar-refractivity contribution in [3.05, 3.63) is 221 Å². The van der Waals surface area contributed by atoms with E-state index < -0.39 is 5.41 Å². The third kappa shape index (κ3) is 5.46. The Bertz CT molecular complexity index is 2570. The lowest BCUT2D eigenvalue weighted by Crippen LogP contribution is -2.26. The molecule has 0 amide bonds. The zero-order chi connectivity index (χ0) is 37.7. The first kappa shape index (κ1) is 34.4. The summed E-state index contributed by atoms with van der Waals surface area (Å²) >= 11 is 0. The number of nitrogens with zero attached hydrogens (tertiary/aromatic N) is 2. The minimum atomic E-state index is -0.542. The lowest BCUT2D eigenvalue weighted by atomic mass is 9.70. The van der Waals surface area contributed by atoms with E-state index in [9.17, 15) is 5.11 Å². The molecule has 7 aromatic rings. The predicted molar refractivity (Wildman–Crippen MR) is 230 cm³/mol. The van der Waals surface area contributed by atoms with E-state index >= 15 is 0 Å². The third-order valence-corrected chi connectivity index (χ3v) is 11.4. The van der Waals surface area contributed by atoms with Crippen LogP contribution in [0.25, 0.3) is 22.3 Å². The lowest BCUT2D eigenvalue weighted by molar-refractivity contribution is 0.282. The maximum Gasteiger partial charge on any atom is 0.0727 e. The molecular weight excluding hydrogens is 669 g/mol. The molecule has 7 aromatic carbocycles. The second-order valence-electron chi connectivity index (χ2n) is 14.7. The quantitative estimate of drug-likeness (QED) is 0.159. The lowest BCUT2D eigenvalue weighted by Gasteiger charge is -2.33. The van der Waals surface area contributed by atoms with Gasteiger partial charge in [-0.25, -0.2) is 0 Å². The minimum Gasteiger partial charge on any atom is -0.392 e. The number of fused-ring (bicyclic) bond motifs is 10. The van der Waals surface area contributed by atoms with Gasteiger partial charge in [-0.05, 0) is 145 Å². The highest BCUT2D eigenvalue weighted by molar-refractivity contribution is 5.97. The van der Waals surface area contributed by atoms with Crippen LogP contribution in [0.3, 0.4) is 0 Å². The first-order valence-corrected chi connectivity index (χ1v) is 19.2. The molecule has 268 valence electrons. The van der Waals surface area contributed by atoms with Crippen LogP contribution in [0.1, 0.15) is 52.8 Å². The average Bonchev–Trinajstić information content (AvgIpc) is 3.69. The Kier molecular flexibility index (Phi) is 8.60. The molecule has 1 N–H and O–H groups in total. The van der Waals surface area contributed by atoms with Gasteiger partial charge in [-0.3, -0.25) is 0 Å². The molecule has 0 saturated carbocycles. The molecule has 0 saturated heterocycles. The van der Waals surface area contributed by atoms with Crippen LogP contribution in [0.15, 0.2) is 182 Å². The van der Waals surface area contributed by atoms with Gasteiger partial charge in [0, 0.05) is 34.1 Å². The molecule has 0 atom stereocenters. The number of hydrogen-bond acceptors (Lipinski definition) is 3. The van der Waals surface area contributed by atoms with Crippen LogP contribution in [0.2, 0.25) is 0 Å². The highest BCUT2D eigenvalue weighted by atomic mass is 16.3. The van der Waals surface area contributed by atoms with Gasteiger partial charge in [-0.2, -0.15) is 0 Å². The fourth-order valence-corrected chi connectivity index (χ4v) is 8.90. The van der Waals surface area contributed by atoms with Gasteiger partial charge in [0.25, 0.3) is 0 Å². The Balaban J connectivity index is 1.32. The molecule has 2 aliphatic carbocycles. The molecule has 0 aromatic heterocycles. The second kappa shape index (κ2) is 13.8. The SMILES string of the molecule is CC=CC(=CC)N(c1ccc(C)cc1)c1ccc2c(c1)C1(c3ccccc3-c3ccccc31)c1cc(N(c3ccc(C)cc3)c3ccc(CO)cc3)ccc1-2. The fourth-order valence-electron chi connectivity index (χ4n) is 8.90. The summed E-state index contributed by atoms with van der Waals surface area (Å²) in [5.74, 6) is 0. The van der Waals surface area contributed by atoms with Gasteiger partial charge in [0.2, 0.25) is 0 Å². The van der Waals surface area contributed by atoms with Crippen molar-refractivity contribution in [1.82, 2.24) is 0 Å². The molecule has 9 rings (SSSR count). The van der Waals surface area contributed by atoms with E-state index in [0.29, 0.717) is 0 Å². The number of aryl methyl sites for hydroxylation is 2. The van der Waals surface area contributed by atoms with E-state index in [1.807, 2.05) is 12.1 Å². The zero-order valence-corrected chi connectivity index (χ0v) is 31.8. The summed E-state index contributed by atoms with van der Waals surface area (Å²) in [6, 6.07) is 57.9. The van der Waals surface area contributed by atoms with Crippen LogP contribution < -0.4 is 9.80 Å². The highest BCUT2D eigenvalue weighted by Gasteiger charge is 2.52. The normalized spacial score (nSPS) is 13.4. The molecule has 0 fully saturated rings. The number of rotatable bonds is 8. The number of aliphatic hydroxyl groups excluding tert-OH is 1. The maximum atomic E-state index is 9.88. The number of benzene rings is 7. The summed E-state index contributed by atoms with van der Waals surface area (Å²) in [6.07, 6.45) is 6.50. The average molecular weight is 713 g/mol. The Morgan fingerprint density at radius 2 is 0.964 bits per heavy atom. The molecule has 0 aliphatic heterocycles. The topological polar surface area (TPSA) is 26.7 Å². The monoisotopic (exact) mass is 712 g/mol. The van der Waals surface area contributed by atoms with Crippen molar-refractivity contribution in [3.63, 3.8) is 0 Å². The maximum absolute atomic E-state index is 9.88. The summed E-state index contributed by atoms with van der Waals surface area (Å²) in [5.41, 5.74) is 19.6. The Morgan fingerprint density at radius 1 is 0.509 bits per heavy atom. The van der Waals surface area contributed by atoms with Crippen molar-refractivity contribution < 1.29 is 5.11 Å². The Hall–Kier alpha value is -6.42. The van der Waals surface area contributed by atoms with Crippen molar-refractivity contribution in [2.45, 2.75) is 39.7 Å². The van der Waals surface area contributed by atoms with Crippen LogP contribution in [0.4, 0.5) is 28.4 Å². The number of aliphatic hydroxyl groups is 1. The molecule has 0 bridgehead atoms. The van der Waals surface area contributed by atoms with Crippen LogP contribution >= 0.6 is 0 Å². The first-order chi connectivity index (χ1) is 27.0. The van der Waals surface area contributed by atoms with Crippen LogP contribution in [0.5, 0.6) is 0 Å². The van der Waals surface area contributed by atoms with Crippen LogP contribution in [0, 0.1) is 13.8 Å². The Labute approximate surface area is 324 Å². The number of allylic oxidation sites excluding steroid dienone is 3. The Morgan fingerprint density at radius 3 is 1.49 bits per heavy atom. The predicted octanol–water partition coefficient (Wildman–Crippen LogP) is 13.2. The van der Waals surface area contributed by atoms with Crippen molar-refractivity contribution in [1.29, 1.82) is 0 Å². The van der Waals surface area contributed by atoms with Crippen molar-refractivity contribution in [2.24, 2.45) is 0 Å². The molecule has 3 nitrogen and oxygen atoms in total. The van der Waals surface area contributed by atoms with Gasteiger partial charge in [-0.1, -0.05) is 120 Å². The molecule has 0 unspecified atom stereocenters. The van der Waals surface area contributed by atoms with Gasteiger partial charge in [-0.15, -0.1) is 0 Å². The molecule has 0 radical (unpaired) electrons. The largest absolute Gasteiger partial charge is 0.392 e. The number of anilines is 5. The van der Waals surface area contributed by atoms with E-state index in [1.165, 1.54) is 55.6 Å². The van der Waals surface area contributed by atoms with Crippen molar-refractivity contribution in [3.8, 4) is 22.3 Å². The van der Waals surface area contributed by atoms with Gasteiger partial charge < -0.3 is 14.9 Å². The molecule has 55 heavy (non-hydrogen) atoms. The van der Waals surface area contributed by atoms with E-state index in [-0.39, 0.29) is 6.61 Å². The van der Waals surface area contributed by atoms with Crippen LogP contribution in [-0.4, -0.2) is 5.11 Å². The molecular formula is C52H44N2O. The van der Waals surface area contributed by atoms with E-state index in [1.54, 1.807) is 0 Å². The zero-order valence-electron chi connectivity index (χ0n) is 31.8. The van der Waals surface area contributed by atoms with Crippen LogP contribution in [-0.2, 0) is 12.0 Å². The summed E-state index contributed by atoms with van der Waals surface area (Å²) in [5, 5.41) is 9.88. The highest BCUT2D eigenvalue weighted by Crippen LogP contribution is 2.64. The molecule has 3 heteroatoms. The van der Waals surface area contributed by atoms with Crippen molar-refractivity contribution in [2.75, 3.05) is 9.80 Å². The van der Waals surface area contributed by atoms with E-state index in [2.05, 4.69) is 201 Å².